The summed E-state index contributed by atoms with van der Waals surface area (Å²) in [6, 6.07) is 0. The highest BCUT2D eigenvalue weighted by Gasteiger charge is 1.99. The van der Waals surface area contributed by atoms with Crippen LogP contribution in [-0.2, 0) is 10.4 Å². The van der Waals surface area contributed by atoms with Crippen LogP contribution in [0.3, 0.4) is 0 Å². The lowest BCUT2D eigenvalue weighted by Crippen LogP contribution is -2.03. The van der Waals surface area contributed by atoms with E-state index in [1.54, 1.807) is 20.3 Å². The minimum Gasteiger partial charge on any atom is -0.394 e. The summed E-state index contributed by atoms with van der Waals surface area (Å²) >= 11 is 0. The lowest BCUT2D eigenvalue weighted by atomic mass is 10.5. The fourth-order valence-corrected chi connectivity index (χ4v) is 0.712. The summed E-state index contributed by atoms with van der Waals surface area (Å²) in [6.07, 6.45) is 1.56. The average molecular weight is 251 g/mol. The van der Waals surface area contributed by atoms with Crippen LogP contribution in [0.5, 0.6) is 0 Å². The van der Waals surface area contributed by atoms with Crippen molar-refractivity contribution >= 4 is 27.9 Å². The molecule has 6 N–H and O–H groups in total. The Morgan fingerprint density at radius 2 is 1.81 bits per heavy atom. The molecule has 0 aliphatic rings. The Kier molecular flexibility index (Phi) is 5.42. The van der Waals surface area contributed by atoms with Crippen molar-refractivity contribution in [1.82, 2.24) is 9.97 Å². The van der Waals surface area contributed by atoms with Crippen molar-refractivity contribution in [2.75, 3.05) is 30.5 Å². The number of aromatic nitrogens is 2. The first-order valence-electron chi connectivity index (χ1n) is 3.95. The molecule has 10 heteroatoms. The van der Waals surface area contributed by atoms with Gasteiger partial charge in [0.15, 0.2) is 5.82 Å². The Bertz CT molecular complexity index is 427. The molecule has 1 heterocycles. The molecule has 0 saturated heterocycles. The monoisotopic (exact) mass is 251 g/mol. The van der Waals surface area contributed by atoms with E-state index < -0.39 is 10.4 Å². The van der Waals surface area contributed by atoms with Gasteiger partial charge < -0.3 is 16.4 Å². The number of hydrogen-bond acceptors (Lipinski definition) is 7. The minimum atomic E-state index is -4.67. The molecule has 0 saturated carbocycles. The van der Waals surface area contributed by atoms with Gasteiger partial charge >= 0.3 is 10.4 Å². The van der Waals surface area contributed by atoms with Gasteiger partial charge in [0.2, 0.25) is 5.95 Å². The molecule has 0 unspecified atom stereocenters. The lowest BCUT2D eigenvalue weighted by molar-refractivity contribution is 0.381. The van der Waals surface area contributed by atoms with Crippen LogP contribution < -0.4 is 16.4 Å². The zero-order valence-electron chi connectivity index (χ0n) is 8.67. The standard InChI is InChI=1S/C6H11N5.H2O4S/c1-8-5-4(7)3-10-6(9-2)11-5;1-5(2,3)4/h3H,7H2,1-2H3,(H2,8,9,10,11);(H2,1,2,3,4). The van der Waals surface area contributed by atoms with E-state index in [0.29, 0.717) is 17.5 Å². The molecule has 0 aliphatic carbocycles. The lowest BCUT2D eigenvalue weighted by Gasteiger charge is -2.04. The summed E-state index contributed by atoms with van der Waals surface area (Å²) in [7, 11) is -1.15. The van der Waals surface area contributed by atoms with E-state index in [-0.39, 0.29) is 0 Å². The number of anilines is 3. The maximum Gasteiger partial charge on any atom is 0.394 e. The molecule has 9 nitrogen and oxygen atoms in total. The number of hydrogen-bond donors (Lipinski definition) is 5. The van der Waals surface area contributed by atoms with Gasteiger partial charge in [-0.25, -0.2) is 4.98 Å². The van der Waals surface area contributed by atoms with Crippen molar-refractivity contribution in [3.8, 4) is 0 Å². The van der Waals surface area contributed by atoms with Crippen molar-refractivity contribution in [3.63, 3.8) is 0 Å². The van der Waals surface area contributed by atoms with Crippen molar-refractivity contribution < 1.29 is 17.5 Å². The Morgan fingerprint density at radius 1 is 1.31 bits per heavy atom. The normalized spacial score (nSPS) is 10.0. The number of nitrogens with two attached hydrogens (primary N) is 1. The van der Waals surface area contributed by atoms with Gasteiger partial charge in [0.1, 0.15) is 0 Å². The fourth-order valence-electron chi connectivity index (χ4n) is 0.712. The first kappa shape index (κ1) is 14.3. The molecule has 0 atom stereocenters. The highest BCUT2D eigenvalue weighted by atomic mass is 32.3. The number of nitrogens with one attached hydrogen (secondary N) is 2. The Labute approximate surface area is 92.7 Å². The second-order valence-corrected chi connectivity index (χ2v) is 3.34. The quantitative estimate of drug-likeness (QED) is 0.437. The fraction of sp³-hybridized carbons (Fsp3) is 0.333. The van der Waals surface area contributed by atoms with E-state index in [0.717, 1.165) is 0 Å². The average Bonchev–Trinajstić information content (AvgIpc) is 2.16. The third kappa shape index (κ3) is 6.75. The van der Waals surface area contributed by atoms with Crippen LogP contribution in [0, 0.1) is 0 Å². The summed E-state index contributed by atoms with van der Waals surface area (Å²) in [6.45, 7) is 0. The Hall–Kier alpha value is -1.65. The van der Waals surface area contributed by atoms with Gasteiger partial charge in [-0.3, -0.25) is 9.11 Å². The molecule has 0 spiro atoms. The summed E-state index contributed by atoms with van der Waals surface area (Å²) in [5.41, 5.74) is 6.09. The SMILES string of the molecule is CNc1ncc(N)c(NC)n1.O=S(=O)(O)O. The number of rotatable bonds is 2. The largest absolute Gasteiger partial charge is 0.394 e. The Balaban J connectivity index is 0.000000385. The van der Waals surface area contributed by atoms with Crippen molar-refractivity contribution in [3.05, 3.63) is 6.20 Å². The van der Waals surface area contributed by atoms with E-state index in [1.807, 2.05) is 0 Å². The Morgan fingerprint density at radius 3 is 2.19 bits per heavy atom. The van der Waals surface area contributed by atoms with Gasteiger partial charge in [-0.05, 0) is 0 Å². The molecule has 0 aliphatic heterocycles. The van der Waals surface area contributed by atoms with Gasteiger partial charge in [0, 0.05) is 14.1 Å². The highest BCUT2D eigenvalue weighted by molar-refractivity contribution is 7.79. The first-order chi connectivity index (χ1) is 7.27. The van der Waals surface area contributed by atoms with Crippen LogP contribution in [0.1, 0.15) is 0 Å². The number of nitrogen functional groups attached to an aromatic ring is 1. The maximum absolute atomic E-state index is 8.74. The smallest absolute Gasteiger partial charge is 0.394 e. The molecular weight excluding hydrogens is 238 g/mol. The van der Waals surface area contributed by atoms with Gasteiger partial charge in [-0.1, -0.05) is 0 Å². The van der Waals surface area contributed by atoms with Gasteiger partial charge in [-0.15, -0.1) is 0 Å². The predicted molar refractivity (Wildman–Crippen MR) is 59.7 cm³/mol. The molecule has 1 aromatic heterocycles. The van der Waals surface area contributed by atoms with Crippen molar-refractivity contribution in [2.45, 2.75) is 0 Å². The molecule has 1 aromatic rings. The van der Waals surface area contributed by atoms with Crippen LogP contribution in [0.2, 0.25) is 0 Å². The van der Waals surface area contributed by atoms with Crippen molar-refractivity contribution in [1.29, 1.82) is 0 Å². The van der Waals surface area contributed by atoms with Crippen molar-refractivity contribution in [2.24, 2.45) is 0 Å². The third-order valence-electron chi connectivity index (χ3n) is 1.28. The summed E-state index contributed by atoms with van der Waals surface area (Å²) < 4.78 is 31.6. The predicted octanol–water partition coefficient (Wildman–Crippen LogP) is -0.511. The van der Waals surface area contributed by atoms with E-state index in [1.165, 1.54) is 0 Å². The van der Waals surface area contributed by atoms with Crippen LogP contribution >= 0.6 is 0 Å². The third-order valence-corrected chi connectivity index (χ3v) is 1.28. The zero-order chi connectivity index (χ0) is 12.8. The molecular formula is C6H13N5O4S. The van der Waals surface area contributed by atoms with E-state index >= 15 is 0 Å². The minimum absolute atomic E-state index is 0.548. The van der Waals surface area contributed by atoms with Crippen LogP contribution in [0.15, 0.2) is 6.20 Å². The highest BCUT2D eigenvalue weighted by Crippen LogP contribution is 2.13. The summed E-state index contributed by atoms with van der Waals surface area (Å²) in [5, 5.41) is 5.66. The molecule has 0 fully saturated rings. The maximum atomic E-state index is 8.74. The van der Waals surface area contributed by atoms with E-state index in [2.05, 4.69) is 20.6 Å². The number of nitrogens with zero attached hydrogens (tertiary/aromatic N) is 2. The second-order valence-electron chi connectivity index (χ2n) is 2.45. The second kappa shape index (κ2) is 6.05. The van der Waals surface area contributed by atoms with Gasteiger partial charge in [-0.2, -0.15) is 13.4 Å². The van der Waals surface area contributed by atoms with Gasteiger partial charge in [0.05, 0.1) is 11.9 Å². The molecule has 1 rings (SSSR count). The molecule has 16 heavy (non-hydrogen) atoms. The van der Waals surface area contributed by atoms with Crippen LogP contribution in [0.25, 0.3) is 0 Å². The van der Waals surface area contributed by atoms with E-state index in [4.69, 9.17) is 23.3 Å². The molecule has 0 bridgehead atoms. The topological polar surface area (TPSA) is 150 Å². The summed E-state index contributed by atoms with van der Waals surface area (Å²) in [5.74, 6) is 1.20. The summed E-state index contributed by atoms with van der Waals surface area (Å²) in [4.78, 5) is 7.97. The van der Waals surface area contributed by atoms with Gasteiger partial charge in [0.25, 0.3) is 0 Å². The molecule has 0 radical (unpaired) electrons. The molecule has 0 aromatic carbocycles. The molecule has 0 amide bonds. The van der Waals surface area contributed by atoms with E-state index in [9.17, 15) is 0 Å². The zero-order valence-corrected chi connectivity index (χ0v) is 9.48. The first-order valence-corrected chi connectivity index (χ1v) is 5.35. The molecule has 92 valence electrons. The van der Waals surface area contributed by atoms with Crippen LogP contribution in [-0.4, -0.2) is 41.6 Å². The van der Waals surface area contributed by atoms with Crippen LogP contribution in [0.4, 0.5) is 17.5 Å².